The third-order valence-electron chi connectivity index (χ3n) is 2.29. The zero-order chi connectivity index (χ0) is 13.8. The summed E-state index contributed by atoms with van der Waals surface area (Å²) >= 11 is 11.7. The molecule has 0 aliphatic heterocycles. The number of hydrogen-bond acceptors (Lipinski definition) is 4. The van der Waals surface area contributed by atoms with E-state index in [0.29, 0.717) is 27.1 Å². The Hall–Kier alpha value is -1.82. The van der Waals surface area contributed by atoms with Crippen LogP contribution >= 0.6 is 23.2 Å². The van der Waals surface area contributed by atoms with Gasteiger partial charge in [0, 0.05) is 27.5 Å². The summed E-state index contributed by atoms with van der Waals surface area (Å²) in [6.07, 6.45) is 1.48. The minimum absolute atomic E-state index is 0.308. The number of aromatic nitrogens is 1. The number of benzene rings is 1. The Morgan fingerprint density at radius 1 is 1.16 bits per heavy atom. The van der Waals surface area contributed by atoms with Gasteiger partial charge < -0.3 is 10.7 Å². The van der Waals surface area contributed by atoms with E-state index < -0.39 is 0 Å². The van der Waals surface area contributed by atoms with Crippen LogP contribution in [0.3, 0.4) is 0 Å². The van der Waals surface area contributed by atoms with Gasteiger partial charge >= 0.3 is 0 Å². The minimum Gasteiger partial charge on any atom is -0.322 e. The molecular formula is C12H10Cl2N4O. The van der Waals surface area contributed by atoms with E-state index >= 15 is 0 Å². The number of nitrogen functional groups attached to an aromatic ring is 1. The van der Waals surface area contributed by atoms with Gasteiger partial charge in [-0.2, -0.15) is 0 Å². The second kappa shape index (κ2) is 5.88. The van der Waals surface area contributed by atoms with Crippen molar-refractivity contribution >= 4 is 40.6 Å². The molecule has 5 nitrogen and oxygen atoms in total. The first-order valence-electron chi connectivity index (χ1n) is 5.28. The summed E-state index contributed by atoms with van der Waals surface area (Å²) in [5.41, 5.74) is 3.30. The van der Waals surface area contributed by atoms with Crippen LogP contribution in [0.25, 0.3) is 0 Å². The molecule has 0 unspecified atom stereocenters. The molecule has 1 aromatic heterocycles. The average molecular weight is 297 g/mol. The topological polar surface area (TPSA) is 80.0 Å². The second-order valence-corrected chi connectivity index (χ2v) is 4.56. The quantitative estimate of drug-likeness (QED) is 0.601. The lowest BCUT2D eigenvalue weighted by Crippen LogP contribution is -2.14. The molecule has 0 saturated heterocycles. The number of pyridine rings is 1. The lowest BCUT2D eigenvalue weighted by atomic mass is 10.2. The van der Waals surface area contributed by atoms with E-state index in [1.54, 1.807) is 24.3 Å². The highest BCUT2D eigenvalue weighted by Gasteiger charge is 2.08. The Kier molecular flexibility index (Phi) is 4.21. The molecule has 2 rings (SSSR count). The van der Waals surface area contributed by atoms with Crippen molar-refractivity contribution in [1.82, 2.24) is 4.98 Å². The highest BCUT2D eigenvalue weighted by Crippen LogP contribution is 2.23. The summed E-state index contributed by atoms with van der Waals surface area (Å²) in [6, 6.07) is 7.90. The Labute approximate surface area is 119 Å². The van der Waals surface area contributed by atoms with E-state index in [-0.39, 0.29) is 5.91 Å². The molecule has 2 aromatic rings. The molecule has 0 bridgehead atoms. The van der Waals surface area contributed by atoms with Gasteiger partial charge in [0.05, 0.1) is 0 Å². The number of carbonyl (C=O) groups excluding carboxylic acids is 1. The van der Waals surface area contributed by atoms with Crippen molar-refractivity contribution in [3.05, 3.63) is 52.1 Å². The Morgan fingerprint density at radius 2 is 1.84 bits per heavy atom. The molecule has 0 saturated carbocycles. The van der Waals surface area contributed by atoms with Gasteiger partial charge in [0.2, 0.25) is 0 Å². The number of halogens is 2. The minimum atomic E-state index is -0.308. The number of amides is 1. The second-order valence-electron chi connectivity index (χ2n) is 3.69. The number of nitrogens with one attached hydrogen (secondary N) is 2. The molecule has 1 amide bonds. The maximum absolute atomic E-state index is 12.0. The number of hydrogen-bond donors (Lipinski definition) is 3. The Balaban J connectivity index is 2.20. The first-order chi connectivity index (χ1) is 9.08. The number of hydrazine groups is 1. The van der Waals surface area contributed by atoms with Crippen molar-refractivity contribution in [2.24, 2.45) is 5.84 Å². The largest absolute Gasteiger partial charge is 0.322 e. The first kappa shape index (κ1) is 13.6. The van der Waals surface area contributed by atoms with Gasteiger partial charge in [0.15, 0.2) is 0 Å². The SMILES string of the molecule is NNc1cc(C(=O)Nc2cc(Cl)cc(Cl)c2)ccn1. The van der Waals surface area contributed by atoms with Gasteiger partial charge in [0.1, 0.15) is 5.82 Å². The van der Waals surface area contributed by atoms with Crippen molar-refractivity contribution in [2.45, 2.75) is 0 Å². The lowest BCUT2D eigenvalue weighted by Gasteiger charge is -2.07. The van der Waals surface area contributed by atoms with Gasteiger partial charge in [-0.3, -0.25) is 4.79 Å². The fraction of sp³-hybridized carbons (Fsp3) is 0. The Bertz CT molecular complexity index is 598. The molecule has 0 radical (unpaired) electrons. The van der Waals surface area contributed by atoms with Crippen LogP contribution in [0, 0.1) is 0 Å². The molecule has 0 spiro atoms. The van der Waals surface area contributed by atoms with Crippen LogP contribution in [0.2, 0.25) is 10.0 Å². The summed E-state index contributed by atoms with van der Waals surface area (Å²) in [7, 11) is 0. The zero-order valence-corrected chi connectivity index (χ0v) is 11.2. The number of anilines is 2. The van der Waals surface area contributed by atoms with Crippen LogP contribution in [0.15, 0.2) is 36.5 Å². The van der Waals surface area contributed by atoms with Gasteiger partial charge in [-0.15, -0.1) is 0 Å². The molecule has 4 N–H and O–H groups in total. The van der Waals surface area contributed by atoms with E-state index in [1.165, 1.54) is 12.3 Å². The van der Waals surface area contributed by atoms with Crippen molar-refractivity contribution < 1.29 is 4.79 Å². The number of carbonyl (C=O) groups is 1. The average Bonchev–Trinajstić information content (AvgIpc) is 2.37. The third kappa shape index (κ3) is 3.57. The van der Waals surface area contributed by atoms with Gasteiger partial charge in [-0.1, -0.05) is 23.2 Å². The van der Waals surface area contributed by atoms with Crippen molar-refractivity contribution in [3.8, 4) is 0 Å². The van der Waals surface area contributed by atoms with E-state index in [9.17, 15) is 4.79 Å². The van der Waals surface area contributed by atoms with Crippen LogP contribution < -0.4 is 16.6 Å². The smallest absolute Gasteiger partial charge is 0.255 e. The maximum Gasteiger partial charge on any atom is 0.255 e. The number of nitrogens with two attached hydrogens (primary N) is 1. The fourth-order valence-corrected chi connectivity index (χ4v) is 2.01. The molecule has 0 aliphatic rings. The van der Waals surface area contributed by atoms with Gasteiger partial charge in [0.25, 0.3) is 5.91 Å². The summed E-state index contributed by atoms with van der Waals surface area (Å²) in [6.45, 7) is 0. The Morgan fingerprint density at radius 3 is 2.47 bits per heavy atom. The van der Waals surface area contributed by atoms with Crippen LogP contribution in [-0.2, 0) is 0 Å². The maximum atomic E-state index is 12.0. The molecule has 7 heteroatoms. The lowest BCUT2D eigenvalue weighted by molar-refractivity contribution is 0.102. The molecule has 1 heterocycles. The van der Waals surface area contributed by atoms with Gasteiger partial charge in [-0.25, -0.2) is 10.8 Å². The standard InChI is InChI=1S/C12H10Cl2N4O/c13-8-4-9(14)6-10(5-8)17-12(19)7-1-2-16-11(3-7)18-15/h1-6H,15H2,(H,16,18)(H,17,19). The monoisotopic (exact) mass is 296 g/mol. The first-order valence-corrected chi connectivity index (χ1v) is 6.04. The van der Waals surface area contributed by atoms with Gasteiger partial charge in [-0.05, 0) is 30.3 Å². The highest BCUT2D eigenvalue weighted by molar-refractivity contribution is 6.35. The summed E-state index contributed by atoms with van der Waals surface area (Å²) in [5, 5.41) is 3.58. The highest BCUT2D eigenvalue weighted by atomic mass is 35.5. The number of rotatable bonds is 3. The van der Waals surface area contributed by atoms with Crippen LogP contribution in [0.4, 0.5) is 11.5 Å². The van der Waals surface area contributed by atoms with E-state index in [1.807, 2.05) is 0 Å². The number of nitrogens with zero attached hydrogens (tertiary/aromatic N) is 1. The normalized spacial score (nSPS) is 10.1. The molecule has 1 aromatic carbocycles. The molecule has 19 heavy (non-hydrogen) atoms. The summed E-state index contributed by atoms with van der Waals surface area (Å²) in [5.74, 6) is 5.32. The zero-order valence-electron chi connectivity index (χ0n) is 9.65. The van der Waals surface area contributed by atoms with E-state index in [2.05, 4.69) is 15.7 Å². The van der Waals surface area contributed by atoms with Crippen LogP contribution in [-0.4, -0.2) is 10.9 Å². The van der Waals surface area contributed by atoms with Crippen molar-refractivity contribution in [2.75, 3.05) is 10.7 Å². The third-order valence-corrected chi connectivity index (χ3v) is 2.73. The van der Waals surface area contributed by atoms with Crippen LogP contribution in [0.5, 0.6) is 0 Å². The molecule has 0 aliphatic carbocycles. The molecular weight excluding hydrogens is 287 g/mol. The van der Waals surface area contributed by atoms with Crippen LogP contribution in [0.1, 0.15) is 10.4 Å². The predicted molar refractivity (Wildman–Crippen MR) is 76.5 cm³/mol. The fourth-order valence-electron chi connectivity index (χ4n) is 1.48. The molecule has 0 atom stereocenters. The summed E-state index contributed by atoms with van der Waals surface area (Å²) in [4.78, 5) is 15.9. The van der Waals surface area contributed by atoms with E-state index in [0.717, 1.165) is 0 Å². The summed E-state index contributed by atoms with van der Waals surface area (Å²) < 4.78 is 0. The molecule has 98 valence electrons. The van der Waals surface area contributed by atoms with Crippen molar-refractivity contribution in [1.29, 1.82) is 0 Å². The van der Waals surface area contributed by atoms with Crippen molar-refractivity contribution in [3.63, 3.8) is 0 Å². The molecule has 0 fully saturated rings. The van der Waals surface area contributed by atoms with E-state index in [4.69, 9.17) is 29.0 Å². The predicted octanol–water partition coefficient (Wildman–Crippen LogP) is 2.93.